The smallest absolute Gasteiger partial charge is 0.191 e. The first-order valence-electron chi connectivity index (χ1n) is 8.43. The predicted molar refractivity (Wildman–Crippen MR) is 97.9 cm³/mol. The van der Waals surface area contributed by atoms with E-state index in [1.165, 1.54) is 5.56 Å². The summed E-state index contributed by atoms with van der Waals surface area (Å²) in [5.74, 6) is 0.735. The number of aryl methyl sites for hydroxylation is 1. The number of rotatable bonds is 8. The Morgan fingerprint density at radius 2 is 1.88 bits per heavy atom. The Morgan fingerprint density at radius 1 is 1.12 bits per heavy atom. The lowest BCUT2D eigenvalue weighted by Gasteiger charge is -2.13. The molecule has 5 nitrogen and oxygen atoms in total. The molecule has 1 aromatic heterocycles. The standard InChI is InChI=1S/C19H26N4O/c1-2-21-19(22-12-6-9-16-7-4-3-5-8-16)23-15-18(24)17-10-13-20-14-11-17/h3-5,7-8,10-11,13-14,18,24H,2,6,9,12,15H2,1H3,(H2,21,22,23). The molecule has 2 aromatic rings. The van der Waals surface area contributed by atoms with Gasteiger partial charge in [0.05, 0.1) is 12.6 Å². The lowest BCUT2D eigenvalue weighted by molar-refractivity contribution is 0.187. The van der Waals surface area contributed by atoms with Gasteiger partial charge in [0.25, 0.3) is 0 Å². The average molecular weight is 326 g/mol. The van der Waals surface area contributed by atoms with E-state index in [1.54, 1.807) is 24.5 Å². The molecule has 128 valence electrons. The van der Waals surface area contributed by atoms with Crippen molar-refractivity contribution in [2.45, 2.75) is 25.9 Å². The lowest BCUT2D eigenvalue weighted by atomic mass is 10.1. The van der Waals surface area contributed by atoms with Gasteiger partial charge in [0.1, 0.15) is 0 Å². The van der Waals surface area contributed by atoms with E-state index in [0.29, 0.717) is 6.54 Å². The molecule has 0 amide bonds. The first kappa shape index (κ1) is 17.9. The SMILES string of the molecule is CCNC(=NCC(O)c1ccncc1)NCCCc1ccccc1. The van der Waals surface area contributed by atoms with E-state index in [-0.39, 0.29) is 0 Å². The van der Waals surface area contributed by atoms with Crippen molar-refractivity contribution in [3.8, 4) is 0 Å². The van der Waals surface area contributed by atoms with Crippen molar-refractivity contribution >= 4 is 5.96 Å². The second-order valence-corrected chi connectivity index (χ2v) is 5.53. The number of aromatic nitrogens is 1. The number of aliphatic hydroxyl groups is 1. The molecule has 0 saturated carbocycles. The highest BCUT2D eigenvalue weighted by Crippen LogP contribution is 2.10. The molecule has 0 aliphatic carbocycles. The van der Waals surface area contributed by atoms with Crippen LogP contribution >= 0.6 is 0 Å². The zero-order valence-corrected chi connectivity index (χ0v) is 14.2. The summed E-state index contributed by atoms with van der Waals surface area (Å²) in [4.78, 5) is 8.41. The van der Waals surface area contributed by atoms with Crippen molar-refractivity contribution in [3.05, 3.63) is 66.0 Å². The van der Waals surface area contributed by atoms with E-state index < -0.39 is 6.10 Å². The highest BCUT2D eigenvalue weighted by molar-refractivity contribution is 5.79. The van der Waals surface area contributed by atoms with Gasteiger partial charge in [0.2, 0.25) is 0 Å². The van der Waals surface area contributed by atoms with Crippen LogP contribution in [0, 0.1) is 0 Å². The molecule has 0 saturated heterocycles. The van der Waals surface area contributed by atoms with Crippen LogP contribution in [0.3, 0.4) is 0 Å². The molecule has 5 heteroatoms. The maximum Gasteiger partial charge on any atom is 0.191 e. The minimum atomic E-state index is -0.618. The number of hydrogen-bond acceptors (Lipinski definition) is 3. The Balaban J connectivity index is 1.78. The molecule has 3 N–H and O–H groups in total. The summed E-state index contributed by atoms with van der Waals surface area (Å²) in [7, 11) is 0. The molecule has 0 spiro atoms. The van der Waals surface area contributed by atoms with E-state index in [9.17, 15) is 5.11 Å². The van der Waals surface area contributed by atoms with E-state index in [2.05, 4.69) is 44.9 Å². The van der Waals surface area contributed by atoms with Crippen LogP contribution in [0.1, 0.15) is 30.6 Å². The van der Waals surface area contributed by atoms with Gasteiger partial charge in [-0.2, -0.15) is 0 Å². The molecule has 2 rings (SSSR count). The lowest BCUT2D eigenvalue weighted by Crippen LogP contribution is -2.38. The molecule has 0 bridgehead atoms. The predicted octanol–water partition coefficient (Wildman–Crippen LogP) is 2.30. The van der Waals surface area contributed by atoms with Gasteiger partial charge in [-0.3, -0.25) is 9.98 Å². The monoisotopic (exact) mass is 326 g/mol. The van der Waals surface area contributed by atoms with Crippen molar-refractivity contribution < 1.29 is 5.11 Å². The van der Waals surface area contributed by atoms with Gasteiger partial charge < -0.3 is 15.7 Å². The van der Waals surface area contributed by atoms with Gasteiger partial charge in [0.15, 0.2) is 5.96 Å². The Morgan fingerprint density at radius 3 is 2.58 bits per heavy atom. The summed E-state index contributed by atoms with van der Waals surface area (Å²) in [6.45, 7) is 3.97. The third-order valence-corrected chi connectivity index (χ3v) is 3.63. The van der Waals surface area contributed by atoms with Crippen LogP contribution in [0.25, 0.3) is 0 Å². The van der Waals surface area contributed by atoms with Crippen LogP contribution < -0.4 is 10.6 Å². The van der Waals surface area contributed by atoms with Crippen LogP contribution in [0.15, 0.2) is 59.9 Å². The van der Waals surface area contributed by atoms with Crippen molar-refractivity contribution in [2.24, 2.45) is 4.99 Å². The van der Waals surface area contributed by atoms with Gasteiger partial charge in [0, 0.05) is 25.5 Å². The molecule has 0 radical (unpaired) electrons. The molecule has 1 unspecified atom stereocenters. The van der Waals surface area contributed by atoms with Gasteiger partial charge in [-0.15, -0.1) is 0 Å². The van der Waals surface area contributed by atoms with Gasteiger partial charge >= 0.3 is 0 Å². The van der Waals surface area contributed by atoms with Gasteiger partial charge in [-0.25, -0.2) is 0 Å². The first-order valence-corrected chi connectivity index (χ1v) is 8.43. The number of nitrogens with zero attached hydrogens (tertiary/aromatic N) is 2. The fourth-order valence-electron chi connectivity index (χ4n) is 2.35. The van der Waals surface area contributed by atoms with Crippen LogP contribution in [0.4, 0.5) is 0 Å². The number of pyridine rings is 1. The summed E-state index contributed by atoms with van der Waals surface area (Å²) in [5, 5.41) is 16.7. The van der Waals surface area contributed by atoms with Crippen LogP contribution in [-0.2, 0) is 6.42 Å². The minimum Gasteiger partial charge on any atom is -0.386 e. The zero-order valence-electron chi connectivity index (χ0n) is 14.2. The fourth-order valence-corrected chi connectivity index (χ4v) is 2.35. The molecule has 0 fully saturated rings. The van der Waals surface area contributed by atoms with Gasteiger partial charge in [-0.05, 0) is 43.0 Å². The molecule has 1 aromatic carbocycles. The molecule has 1 heterocycles. The number of guanidine groups is 1. The van der Waals surface area contributed by atoms with Crippen LogP contribution in [-0.4, -0.2) is 35.7 Å². The quantitative estimate of drug-likeness (QED) is 0.395. The molecule has 1 atom stereocenters. The number of nitrogens with one attached hydrogen (secondary N) is 2. The van der Waals surface area contributed by atoms with Gasteiger partial charge in [-0.1, -0.05) is 30.3 Å². The highest BCUT2D eigenvalue weighted by Gasteiger charge is 2.06. The second-order valence-electron chi connectivity index (χ2n) is 5.53. The third kappa shape index (κ3) is 6.38. The third-order valence-electron chi connectivity index (χ3n) is 3.63. The van der Waals surface area contributed by atoms with E-state index >= 15 is 0 Å². The van der Waals surface area contributed by atoms with Crippen molar-refractivity contribution in [1.82, 2.24) is 15.6 Å². The Bertz CT molecular complexity index is 601. The maximum absolute atomic E-state index is 10.2. The topological polar surface area (TPSA) is 69.5 Å². The number of aliphatic hydroxyl groups excluding tert-OH is 1. The van der Waals surface area contributed by atoms with Crippen molar-refractivity contribution in [1.29, 1.82) is 0 Å². The first-order chi connectivity index (χ1) is 11.8. The van der Waals surface area contributed by atoms with E-state index in [4.69, 9.17) is 0 Å². The Kier molecular flexibility index (Phi) is 7.77. The second kappa shape index (κ2) is 10.4. The number of hydrogen-bond donors (Lipinski definition) is 3. The van der Waals surface area contributed by atoms with Crippen molar-refractivity contribution in [2.75, 3.05) is 19.6 Å². The van der Waals surface area contributed by atoms with Crippen LogP contribution in [0.2, 0.25) is 0 Å². The summed E-state index contributed by atoms with van der Waals surface area (Å²) >= 11 is 0. The van der Waals surface area contributed by atoms with E-state index in [0.717, 1.165) is 37.5 Å². The zero-order chi connectivity index (χ0) is 17.0. The minimum absolute atomic E-state index is 0.317. The van der Waals surface area contributed by atoms with Crippen molar-refractivity contribution in [3.63, 3.8) is 0 Å². The maximum atomic E-state index is 10.2. The van der Waals surface area contributed by atoms with Crippen LogP contribution in [0.5, 0.6) is 0 Å². The molecule has 24 heavy (non-hydrogen) atoms. The normalized spacial score (nSPS) is 12.7. The molecule has 0 aliphatic rings. The summed E-state index contributed by atoms with van der Waals surface area (Å²) in [5.41, 5.74) is 2.17. The molecule has 0 aliphatic heterocycles. The average Bonchev–Trinajstić information content (AvgIpc) is 2.64. The number of aliphatic imine (C=N–C) groups is 1. The summed E-state index contributed by atoms with van der Waals surface area (Å²) in [6.07, 6.45) is 4.80. The summed E-state index contributed by atoms with van der Waals surface area (Å²) < 4.78 is 0. The van der Waals surface area contributed by atoms with E-state index in [1.807, 2.05) is 13.0 Å². The molecular weight excluding hydrogens is 300 g/mol. The molecular formula is C19H26N4O. The largest absolute Gasteiger partial charge is 0.386 e. The summed E-state index contributed by atoms with van der Waals surface area (Å²) in [6, 6.07) is 14.1. The number of benzene rings is 1. The highest BCUT2D eigenvalue weighted by atomic mass is 16.3. The Hall–Kier alpha value is -2.40. The Labute approximate surface area is 143 Å². The fraction of sp³-hybridized carbons (Fsp3) is 0.368.